The Balaban J connectivity index is 1.38. The predicted molar refractivity (Wildman–Crippen MR) is 112 cm³/mol. The van der Waals surface area contributed by atoms with Crippen molar-refractivity contribution in [3.05, 3.63) is 78.4 Å². The van der Waals surface area contributed by atoms with E-state index in [-0.39, 0.29) is 23.7 Å². The molecule has 0 bridgehead atoms. The van der Waals surface area contributed by atoms with Gasteiger partial charge in [0.2, 0.25) is 5.82 Å². The highest BCUT2D eigenvalue weighted by molar-refractivity contribution is 5.94. The van der Waals surface area contributed by atoms with Gasteiger partial charge in [-0.25, -0.2) is 9.97 Å². The van der Waals surface area contributed by atoms with Gasteiger partial charge in [0.1, 0.15) is 5.75 Å². The van der Waals surface area contributed by atoms with Gasteiger partial charge >= 0.3 is 0 Å². The van der Waals surface area contributed by atoms with Crippen molar-refractivity contribution in [2.75, 3.05) is 20.2 Å². The zero-order valence-electron chi connectivity index (χ0n) is 16.6. The smallest absolute Gasteiger partial charge is 0.291 e. The number of carbonyl (C=O) groups is 2. The molecule has 0 spiro atoms. The van der Waals surface area contributed by atoms with Gasteiger partial charge in [0.25, 0.3) is 11.8 Å². The molecule has 0 aliphatic carbocycles. The van der Waals surface area contributed by atoms with E-state index in [4.69, 9.17) is 4.74 Å². The molecule has 30 heavy (non-hydrogen) atoms. The van der Waals surface area contributed by atoms with Gasteiger partial charge in [-0.05, 0) is 36.2 Å². The van der Waals surface area contributed by atoms with Crippen LogP contribution in [0.25, 0.3) is 11.1 Å². The third-order valence-corrected chi connectivity index (χ3v) is 5.09. The van der Waals surface area contributed by atoms with Crippen molar-refractivity contribution in [1.29, 1.82) is 0 Å². The first-order chi connectivity index (χ1) is 14.6. The Morgan fingerprint density at radius 1 is 1.03 bits per heavy atom. The zero-order chi connectivity index (χ0) is 20.9. The fourth-order valence-electron chi connectivity index (χ4n) is 3.45. The van der Waals surface area contributed by atoms with E-state index >= 15 is 0 Å². The number of likely N-dealkylation sites (tertiary alicyclic amines) is 1. The van der Waals surface area contributed by atoms with Crippen LogP contribution in [0.1, 0.15) is 27.4 Å². The Labute approximate surface area is 174 Å². The highest BCUT2D eigenvalue weighted by Crippen LogP contribution is 2.22. The third kappa shape index (κ3) is 4.30. The van der Waals surface area contributed by atoms with Crippen LogP contribution >= 0.6 is 0 Å². The largest absolute Gasteiger partial charge is 0.497 e. The Hall–Kier alpha value is -3.74. The van der Waals surface area contributed by atoms with Crippen LogP contribution < -0.4 is 10.1 Å². The molecule has 2 heterocycles. The van der Waals surface area contributed by atoms with Gasteiger partial charge < -0.3 is 15.0 Å². The summed E-state index contributed by atoms with van der Waals surface area (Å²) in [5, 5.41) is 2.99. The Morgan fingerprint density at radius 3 is 2.53 bits per heavy atom. The van der Waals surface area contributed by atoms with Crippen molar-refractivity contribution in [1.82, 2.24) is 20.2 Å². The predicted octanol–water partition coefficient (Wildman–Crippen LogP) is 2.80. The monoisotopic (exact) mass is 402 g/mol. The van der Waals surface area contributed by atoms with E-state index in [0.717, 1.165) is 16.9 Å². The molecule has 1 aliphatic heterocycles. The number of benzene rings is 2. The molecule has 0 radical (unpaired) electrons. The minimum absolute atomic E-state index is 0.0855. The first kappa shape index (κ1) is 19.6. The number of methoxy groups -OCH3 is 1. The second-order valence-corrected chi connectivity index (χ2v) is 7.10. The number of carbonyl (C=O) groups excluding carboxylic acids is 2. The van der Waals surface area contributed by atoms with Crippen LogP contribution in [0.4, 0.5) is 0 Å². The second-order valence-electron chi connectivity index (χ2n) is 7.10. The standard InChI is InChI=1S/C23H22N4O3/c1-30-20-9-5-8-17(12-20)18-13-24-21(25-14-18)23(29)27-11-10-19(15-27)26-22(28)16-6-3-2-4-7-16/h2-9,12-14,19H,10-11,15H2,1H3,(H,26,28). The molecule has 1 aromatic heterocycles. The molecular weight excluding hydrogens is 380 g/mol. The number of rotatable bonds is 5. The van der Waals surface area contributed by atoms with E-state index in [1.807, 2.05) is 42.5 Å². The van der Waals surface area contributed by atoms with E-state index in [1.165, 1.54) is 0 Å². The Bertz CT molecular complexity index is 1040. The van der Waals surface area contributed by atoms with Crippen LogP contribution in [-0.4, -0.2) is 52.9 Å². The van der Waals surface area contributed by atoms with Gasteiger partial charge in [0, 0.05) is 42.7 Å². The molecule has 1 aliphatic rings. The van der Waals surface area contributed by atoms with Crippen molar-refractivity contribution >= 4 is 11.8 Å². The van der Waals surface area contributed by atoms with Crippen molar-refractivity contribution in [2.45, 2.75) is 12.5 Å². The molecule has 2 aromatic carbocycles. The van der Waals surface area contributed by atoms with E-state index in [9.17, 15) is 9.59 Å². The first-order valence-corrected chi connectivity index (χ1v) is 9.75. The zero-order valence-corrected chi connectivity index (χ0v) is 16.6. The number of nitrogens with one attached hydrogen (secondary N) is 1. The molecule has 1 saturated heterocycles. The summed E-state index contributed by atoms with van der Waals surface area (Å²) in [4.78, 5) is 35.3. The van der Waals surface area contributed by atoms with Gasteiger partial charge in [0.15, 0.2) is 0 Å². The lowest BCUT2D eigenvalue weighted by Gasteiger charge is -2.16. The number of hydrogen-bond donors (Lipinski definition) is 1. The van der Waals surface area contributed by atoms with Crippen LogP contribution in [-0.2, 0) is 0 Å². The fraction of sp³-hybridized carbons (Fsp3) is 0.217. The lowest BCUT2D eigenvalue weighted by molar-refractivity contribution is 0.0771. The quantitative estimate of drug-likeness (QED) is 0.709. The topological polar surface area (TPSA) is 84.4 Å². The highest BCUT2D eigenvalue weighted by atomic mass is 16.5. The van der Waals surface area contributed by atoms with Gasteiger partial charge in [-0.15, -0.1) is 0 Å². The lowest BCUT2D eigenvalue weighted by Crippen LogP contribution is -2.38. The molecule has 1 N–H and O–H groups in total. The summed E-state index contributed by atoms with van der Waals surface area (Å²) in [6, 6.07) is 16.5. The normalized spacial score (nSPS) is 15.6. The summed E-state index contributed by atoms with van der Waals surface area (Å²) < 4.78 is 5.24. The highest BCUT2D eigenvalue weighted by Gasteiger charge is 2.29. The summed E-state index contributed by atoms with van der Waals surface area (Å²) >= 11 is 0. The van der Waals surface area contributed by atoms with Crippen molar-refractivity contribution in [3.8, 4) is 16.9 Å². The van der Waals surface area contributed by atoms with Gasteiger partial charge in [0.05, 0.1) is 7.11 Å². The van der Waals surface area contributed by atoms with E-state index in [2.05, 4.69) is 15.3 Å². The molecule has 7 nitrogen and oxygen atoms in total. The van der Waals surface area contributed by atoms with Crippen LogP contribution in [0.3, 0.4) is 0 Å². The van der Waals surface area contributed by atoms with E-state index < -0.39 is 0 Å². The molecule has 0 saturated carbocycles. The molecule has 2 amide bonds. The Morgan fingerprint density at radius 2 is 1.80 bits per heavy atom. The summed E-state index contributed by atoms with van der Waals surface area (Å²) in [5.74, 6) is 0.530. The van der Waals surface area contributed by atoms with Gasteiger partial charge in [-0.1, -0.05) is 30.3 Å². The fourth-order valence-corrected chi connectivity index (χ4v) is 3.45. The molecular formula is C23H22N4O3. The number of ether oxygens (including phenoxy) is 1. The molecule has 1 fully saturated rings. The van der Waals surface area contributed by atoms with Gasteiger partial charge in [-0.3, -0.25) is 9.59 Å². The lowest BCUT2D eigenvalue weighted by atomic mass is 10.1. The summed E-state index contributed by atoms with van der Waals surface area (Å²) in [6.45, 7) is 0.998. The molecule has 4 rings (SSSR count). The average Bonchev–Trinajstić information content (AvgIpc) is 3.27. The van der Waals surface area contributed by atoms with Gasteiger partial charge in [-0.2, -0.15) is 0 Å². The van der Waals surface area contributed by atoms with Crippen LogP contribution in [0.5, 0.6) is 5.75 Å². The van der Waals surface area contributed by atoms with Crippen LogP contribution in [0, 0.1) is 0 Å². The minimum atomic E-state index is -0.233. The molecule has 1 atom stereocenters. The van der Waals surface area contributed by atoms with Crippen molar-refractivity contribution in [3.63, 3.8) is 0 Å². The van der Waals surface area contributed by atoms with E-state index in [0.29, 0.717) is 25.1 Å². The molecule has 152 valence electrons. The molecule has 7 heteroatoms. The second kappa shape index (κ2) is 8.73. The minimum Gasteiger partial charge on any atom is -0.497 e. The third-order valence-electron chi connectivity index (χ3n) is 5.09. The number of aromatic nitrogens is 2. The first-order valence-electron chi connectivity index (χ1n) is 9.75. The average molecular weight is 402 g/mol. The number of hydrogen-bond acceptors (Lipinski definition) is 5. The maximum absolute atomic E-state index is 12.8. The number of nitrogens with zero attached hydrogens (tertiary/aromatic N) is 3. The Kier molecular flexibility index (Phi) is 5.70. The van der Waals surface area contributed by atoms with Crippen LogP contribution in [0.15, 0.2) is 67.0 Å². The van der Waals surface area contributed by atoms with E-state index in [1.54, 1.807) is 36.5 Å². The number of amides is 2. The van der Waals surface area contributed by atoms with Crippen molar-refractivity contribution < 1.29 is 14.3 Å². The molecule has 1 unspecified atom stereocenters. The summed E-state index contributed by atoms with van der Waals surface area (Å²) in [5.41, 5.74) is 2.33. The summed E-state index contributed by atoms with van der Waals surface area (Å²) in [7, 11) is 1.61. The summed E-state index contributed by atoms with van der Waals surface area (Å²) in [6.07, 6.45) is 3.98. The maximum Gasteiger partial charge on any atom is 0.291 e. The maximum atomic E-state index is 12.8. The van der Waals surface area contributed by atoms with Crippen molar-refractivity contribution in [2.24, 2.45) is 0 Å². The van der Waals surface area contributed by atoms with Crippen LogP contribution in [0.2, 0.25) is 0 Å². The SMILES string of the molecule is COc1cccc(-c2cnc(C(=O)N3CCC(NC(=O)c4ccccc4)C3)nc2)c1. The molecule has 3 aromatic rings.